The quantitative estimate of drug-likeness (QED) is 0.781. The summed E-state index contributed by atoms with van der Waals surface area (Å²) in [6.07, 6.45) is 2.54. The summed E-state index contributed by atoms with van der Waals surface area (Å²) in [5.41, 5.74) is 1.90. The molecule has 0 fully saturated rings. The van der Waals surface area contributed by atoms with Crippen molar-refractivity contribution in [1.29, 1.82) is 0 Å². The second-order valence-electron chi connectivity index (χ2n) is 5.74. The number of ether oxygens (including phenoxy) is 1. The minimum Gasteiger partial charge on any atom is -0.493 e. The zero-order valence-electron chi connectivity index (χ0n) is 12.7. The second kappa shape index (κ2) is 7.31. The molecule has 1 aromatic rings. The molecule has 0 spiro atoms. The Morgan fingerprint density at radius 3 is 2.95 bits per heavy atom. The van der Waals surface area contributed by atoms with Crippen molar-refractivity contribution in [3.05, 3.63) is 23.8 Å². The number of aryl methyl sites for hydroxylation is 1. The monoisotopic (exact) mass is 292 g/mol. The molecule has 1 atom stereocenters. The van der Waals surface area contributed by atoms with Crippen molar-refractivity contribution < 1.29 is 14.6 Å². The average molecular weight is 292 g/mol. The van der Waals surface area contributed by atoms with Crippen LogP contribution in [-0.2, 0) is 6.42 Å². The Hall–Kier alpha value is -1.75. The van der Waals surface area contributed by atoms with Gasteiger partial charge in [0, 0.05) is 18.3 Å². The van der Waals surface area contributed by atoms with Gasteiger partial charge >= 0.3 is 6.03 Å². The minimum absolute atomic E-state index is 0.0315. The van der Waals surface area contributed by atoms with E-state index in [4.69, 9.17) is 9.84 Å². The summed E-state index contributed by atoms with van der Waals surface area (Å²) in [5, 5.41) is 14.8. The molecule has 2 amide bonds. The van der Waals surface area contributed by atoms with Crippen molar-refractivity contribution in [3.8, 4) is 5.75 Å². The standard InChI is InChI=1S/C16H24N2O3/c1-11(2)14(7-8-19)18-16(20)17-13-5-6-15-12(10-13)4-3-9-21-15/h5-6,10-11,14,19H,3-4,7-9H2,1-2H3,(H2,17,18,20)/t14-/m0/s1. The van der Waals surface area contributed by atoms with Gasteiger partial charge in [0.05, 0.1) is 6.61 Å². The summed E-state index contributed by atoms with van der Waals surface area (Å²) < 4.78 is 5.56. The van der Waals surface area contributed by atoms with Gasteiger partial charge in [-0.25, -0.2) is 4.79 Å². The SMILES string of the molecule is CC(C)[C@H](CCO)NC(=O)Nc1ccc2c(c1)CCCO2. The molecule has 0 bridgehead atoms. The summed E-state index contributed by atoms with van der Waals surface area (Å²) in [7, 11) is 0. The van der Waals surface area contributed by atoms with E-state index in [0.29, 0.717) is 6.42 Å². The second-order valence-corrected chi connectivity index (χ2v) is 5.74. The highest BCUT2D eigenvalue weighted by molar-refractivity contribution is 5.89. The van der Waals surface area contributed by atoms with Crippen molar-refractivity contribution >= 4 is 11.7 Å². The fraction of sp³-hybridized carbons (Fsp3) is 0.562. The number of hydrogen-bond donors (Lipinski definition) is 3. The van der Waals surface area contributed by atoms with E-state index in [1.165, 1.54) is 0 Å². The predicted molar refractivity (Wildman–Crippen MR) is 82.7 cm³/mol. The van der Waals surface area contributed by atoms with E-state index in [1.807, 2.05) is 32.0 Å². The first kappa shape index (κ1) is 15.6. The number of carbonyl (C=O) groups is 1. The number of aliphatic hydroxyl groups excluding tert-OH is 1. The molecule has 3 N–H and O–H groups in total. The molecule has 1 heterocycles. The molecule has 116 valence electrons. The van der Waals surface area contributed by atoms with Gasteiger partial charge in [-0.3, -0.25) is 0 Å². The maximum atomic E-state index is 12.0. The van der Waals surface area contributed by atoms with E-state index in [-0.39, 0.29) is 24.6 Å². The Balaban J connectivity index is 1.96. The molecule has 1 aromatic carbocycles. The van der Waals surface area contributed by atoms with Crippen LogP contribution in [-0.4, -0.2) is 30.4 Å². The summed E-state index contributed by atoms with van der Waals surface area (Å²) in [4.78, 5) is 12.0. The number of anilines is 1. The first-order chi connectivity index (χ1) is 10.1. The van der Waals surface area contributed by atoms with E-state index in [0.717, 1.165) is 36.4 Å². The normalized spacial score (nSPS) is 15.0. The topological polar surface area (TPSA) is 70.6 Å². The minimum atomic E-state index is -0.237. The van der Waals surface area contributed by atoms with E-state index < -0.39 is 0 Å². The molecular weight excluding hydrogens is 268 g/mol. The van der Waals surface area contributed by atoms with Gasteiger partial charge in [-0.05, 0) is 48.9 Å². The highest BCUT2D eigenvalue weighted by Crippen LogP contribution is 2.27. The van der Waals surface area contributed by atoms with Crippen LogP contribution in [0.25, 0.3) is 0 Å². The molecule has 0 aromatic heterocycles. The zero-order chi connectivity index (χ0) is 15.2. The molecule has 0 radical (unpaired) electrons. The lowest BCUT2D eigenvalue weighted by molar-refractivity contribution is 0.227. The number of urea groups is 1. The third-order valence-electron chi connectivity index (χ3n) is 3.73. The Kier molecular flexibility index (Phi) is 5.44. The lowest BCUT2D eigenvalue weighted by Gasteiger charge is -2.22. The Labute approximate surface area is 125 Å². The fourth-order valence-electron chi connectivity index (χ4n) is 2.48. The van der Waals surface area contributed by atoms with Crippen LogP contribution in [0.4, 0.5) is 10.5 Å². The molecule has 5 heteroatoms. The van der Waals surface area contributed by atoms with Crippen LogP contribution in [0.3, 0.4) is 0 Å². The predicted octanol–water partition coefficient (Wildman–Crippen LogP) is 2.54. The van der Waals surface area contributed by atoms with Crippen molar-refractivity contribution in [2.75, 3.05) is 18.5 Å². The molecule has 21 heavy (non-hydrogen) atoms. The molecular formula is C16H24N2O3. The molecule has 0 unspecified atom stereocenters. The molecule has 0 aliphatic carbocycles. The van der Waals surface area contributed by atoms with E-state index >= 15 is 0 Å². The average Bonchev–Trinajstić information content (AvgIpc) is 2.46. The third-order valence-corrected chi connectivity index (χ3v) is 3.73. The number of aliphatic hydroxyl groups is 1. The highest BCUT2D eigenvalue weighted by atomic mass is 16.5. The Morgan fingerprint density at radius 2 is 2.24 bits per heavy atom. The van der Waals surface area contributed by atoms with E-state index in [2.05, 4.69) is 10.6 Å². The van der Waals surface area contributed by atoms with Crippen LogP contribution >= 0.6 is 0 Å². The van der Waals surface area contributed by atoms with Crippen molar-refractivity contribution in [2.45, 2.75) is 39.2 Å². The van der Waals surface area contributed by atoms with Crippen LogP contribution in [0.5, 0.6) is 5.75 Å². The van der Waals surface area contributed by atoms with Gasteiger partial charge in [-0.1, -0.05) is 13.8 Å². The van der Waals surface area contributed by atoms with Gasteiger partial charge in [-0.2, -0.15) is 0 Å². The summed E-state index contributed by atoms with van der Waals surface area (Å²) in [5.74, 6) is 1.19. The fourth-order valence-corrected chi connectivity index (χ4v) is 2.48. The van der Waals surface area contributed by atoms with Gasteiger partial charge in [0.25, 0.3) is 0 Å². The number of nitrogens with one attached hydrogen (secondary N) is 2. The van der Waals surface area contributed by atoms with Crippen LogP contribution in [0, 0.1) is 5.92 Å². The maximum absolute atomic E-state index is 12.0. The number of rotatable bonds is 5. The zero-order valence-corrected chi connectivity index (χ0v) is 12.7. The van der Waals surface area contributed by atoms with Crippen molar-refractivity contribution in [2.24, 2.45) is 5.92 Å². The number of carbonyl (C=O) groups excluding carboxylic acids is 1. The lowest BCUT2D eigenvalue weighted by Crippen LogP contribution is -2.41. The molecule has 2 rings (SSSR count). The van der Waals surface area contributed by atoms with Crippen LogP contribution in [0.1, 0.15) is 32.3 Å². The molecule has 0 saturated carbocycles. The molecule has 1 aliphatic heterocycles. The van der Waals surface area contributed by atoms with Gasteiger partial charge in [0.1, 0.15) is 5.75 Å². The van der Waals surface area contributed by atoms with Gasteiger partial charge in [0.2, 0.25) is 0 Å². The number of benzene rings is 1. The number of fused-ring (bicyclic) bond motifs is 1. The van der Waals surface area contributed by atoms with E-state index in [1.54, 1.807) is 0 Å². The first-order valence-electron chi connectivity index (χ1n) is 7.54. The van der Waals surface area contributed by atoms with Crippen molar-refractivity contribution in [3.63, 3.8) is 0 Å². The van der Waals surface area contributed by atoms with Gasteiger partial charge in [-0.15, -0.1) is 0 Å². The van der Waals surface area contributed by atoms with Gasteiger partial charge < -0.3 is 20.5 Å². The Bertz CT molecular complexity index is 488. The first-order valence-corrected chi connectivity index (χ1v) is 7.54. The van der Waals surface area contributed by atoms with Crippen LogP contribution < -0.4 is 15.4 Å². The van der Waals surface area contributed by atoms with E-state index in [9.17, 15) is 4.79 Å². The smallest absolute Gasteiger partial charge is 0.319 e. The largest absolute Gasteiger partial charge is 0.493 e. The molecule has 1 aliphatic rings. The molecule has 0 saturated heterocycles. The Morgan fingerprint density at radius 1 is 1.43 bits per heavy atom. The van der Waals surface area contributed by atoms with Crippen LogP contribution in [0.2, 0.25) is 0 Å². The van der Waals surface area contributed by atoms with Gasteiger partial charge in [0.15, 0.2) is 0 Å². The number of hydrogen-bond acceptors (Lipinski definition) is 3. The highest BCUT2D eigenvalue weighted by Gasteiger charge is 2.16. The lowest BCUT2D eigenvalue weighted by atomic mass is 10.0. The maximum Gasteiger partial charge on any atom is 0.319 e. The van der Waals surface area contributed by atoms with Crippen LogP contribution in [0.15, 0.2) is 18.2 Å². The summed E-state index contributed by atoms with van der Waals surface area (Å²) in [6.45, 7) is 4.88. The molecule has 5 nitrogen and oxygen atoms in total. The third kappa shape index (κ3) is 4.36. The number of amides is 2. The summed E-state index contributed by atoms with van der Waals surface area (Å²) >= 11 is 0. The summed E-state index contributed by atoms with van der Waals surface area (Å²) in [6, 6.07) is 5.44. The van der Waals surface area contributed by atoms with Crippen molar-refractivity contribution in [1.82, 2.24) is 5.32 Å².